The van der Waals surface area contributed by atoms with Crippen molar-refractivity contribution in [3.63, 3.8) is 0 Å². The van der Waals surface area contributed by atoms with Gasteiger partial charge in [0.05, 0.1) is 13.2 Å². The Morgan fingerprint density at radius 1 is 1.30 bits per heavy atom. The van der Waals surface area contributed by atoms with Crippen LogP contribution in [0.15, 0.2) is 4.99 Å². The van der Waals surface area contributed by atoms with Crippen LogP contribution < -0.4 is 10.6 Å². The molecule has 0 aromatic heterocycles. The molecule has 0 amide bonds. The van der Waals surface area contributed by atoms with Crippen molar-refractivity contribution in [2.45, 2.75) is 57.9 Å². The number of aliphatic imine (C=N–C) groups is 1. The normalized spacial score (nSPS) is 31.6. The topological polar surface area (TPSA) is 69.1 Å². The second-order valence-corrected chi connectivity index (χ2v) is 8.65. The van der Waals surface area contributed by atoms with Crippen LogP contribution in [0.4, 0.5) is 0 Å². The minimum atomic E-state index is -0.00428. The first-order chi connectivity index (χ1) is 12.5. The van der Waals surface area contributed by atoms with Gasteiger partial charge in [-0.2, -0.15) is 0 Å². The first-order valence-corrected chi connectivity index (χ1v) is 10.3. The molecule has 1 saturated carbocycles. The van der Waals surface area contributed by atoms with Crippen LogP contribution in [0.25, 0.3) is 0 Å². The molecule has 2 rings (SSSR count). The molecule has 0 aromatic rings. The minimum Gasteiger partial charge on any atom is -0.396 e. The minimum absolute atomic E-state index is 0. The van der Waals surface area contributed by atoms with Crippen LogP contribution in [0.2, 0.25) is 0 Å². The van der Waals surface area contributed by atoms with Gasteiger partial charge in [0.15, 0.2) is 5.96 Å². The third-order valence-corrected chi connectivity index (χ3v) is 6.34. The van der Waals surface area contributed by atoms with Crippen molar-refractivity contribution in [3.8, 4) is 0 Å². The number of hydrogen-bond acceptors (Lipinski definition) is 4. The summed E-state index contributed by atoms with van der Waals surface area (Å²) in [6.45, 7) is 8.62. The van der Waals surface area contributed by atoms with Gasteiger partial charge < -0.3 is 25.4 Å². The number of aliphatic hydroxyl groups excluding tert-OH is 1. The first-order valence-electron chi connectivity index (χ1n) is 10.3. The van der Waals surface area contributed by atoms with E-state index in [1.165, 1.54) is 25.7 Å². The smallest absolute Gasteiger partial charge is 0.191 e. The molecule has 1 aliphatic heterocycles. The van der Waals surface area contributed by atoms with Gasteiger partial charge in [-0.3, -0.25) is 4.99 Å². The van der Waals surface area contributed by atoms with Crippen LogP contribution in [-0.4, -0.2) is 75.1 Å². The van der Waals surface area contributed by atoms with Crippen molar-refractivity contribution < 1.29 is 9.84 Å². The maximum Gasteiger partial charge on any atom is 0.191 e. The number of halogens is 1. The lowest BCUT2D eigenvalue weighted by Crippen LogP contribution is -2.56. The number of aliphatic hydroxyl groups is 1. The predicted molar refractivity (Wildman–Crippen MR) is 123 cm³/mol. The van der Waals surface area contributed by atoms with Crippen LogP contribution in [0.5, 0.6) is 0 Å². The quantitative estimate of drug-likeness (QED) is 0.274. The third kappa shape index (κ3) is 7.01. The molecule has 27 heavy (non-hydrogen) atoms. The molecule has 1 saturated heterocycles. The summed E-state index contributed by atoms with van der Waals surface area (Å²) >= 11 is 0. The molecular formula is C20H41IN4O2. The molecule has 0 radical (unpaired) electrons. The summed E-state index contributed by atoms with van der Waals surface area (Å²) in [5.74, 6) is 1.66. The SMILES string of the molecule is CCNC(=NCC1(CCO)CCOC1)NCC1(N(C)C)CCCC(C)C1.I. The number of nitrogens with zero attached hydrogens (tertiary/aromatic N) is 2. The van der Waals surface area contributed by atoms with Gasteiger partial charge in [0.1, 0.15) is 0 Å². The van der Waals surface area contributed by atoms with Crippen molar-refractivity contribution in [3.05, 3.63) is 0 Å². The van der Waals surface area contributed by atoms with E-state index >= 15 is 0 Å². The number of nitrogens with one attached hydrogen (secondary N) is 2. The molecular weight excluding hydrogens is 455 g/mol. The summed E-state index contributed by atoms with van der Waals surface area (Å²) < 4.78 is 5.59. The van der Waals surface area contributed by atoms with Crippen molar-refractivity contribution in [2.24, 2.45) is 16.3 Å². The second kappa shape index (κ2) is 11.8. The van der Waals surface area contributed by atoms with E-state index in [-0.39, 0.29) is 41.5 Å². The lowest BCUT2D eigenvalue weighted by atomic mass is 9.75. The number of hydrogen-bond donors (Lipinski definition) is 3. The highest BCUT2D eigenvalue weighted by atomic mass is 127. The average Bonchev–Trinajstić information content (AvgIpc) is 3.06. The highest BCUT2D eigenvalue weighted by Crippen LogP contribution is 2.35. The average molecular weight is 496 g/mol. The molecule has 3 unspecified atom stereocenters. The first kappa shape index (κ1) is 24.9. The van der Waals surface area contributed by atoms with Gasteiger partial charge in [-0.1, -0.05) is 19.8 Å². The van der Waals surface area contributed by atoms with Gasteiger partial charge in [0, 0.05) is 37.3 Å². The summed E-state index contributed by atoms with van der Waals surface area (Å²) in [6.07, 6.45) is 6.84. The lowest BCUT2D eigenvalue weighted by molar-refractivity contribution is 0.0795. The van der Waals surface area contributed by atoms with Crippen molar-refractivity contribution in [2.75, 3.05) is 53.6 Å². The van der Waals surface area contributed by atoms with Gasteiger partial charge in [0.25, 0.3) is 0 Å². The van der Waals surface area contributed by atoms with Crippen LogP contribution in [0.3, 0.4) is 0 Å². The fourth-order valence-electron chi connectivity index (χ4n) is 4.48. The second-order valence-electron chi connectivity index (χ2n) is 8.65. The van der Waals surface area contributed by atoms with Gasteiger partial charge >= 0.3 is 0 Å². The van der Waals surface area contributed by atoms with Crippen LogP contribution >= 0.6 is 24.0 Å². The molecule has 0 bridgehead atoms. The summed E-state index contributed by atoms with van der Waals surface area (Å²) in [5.41, 5.74) is 0.197. The zero-order valence-corrected chi connectivity index (χ0v) is 20.1. The Balaban J connectivity index is 0.00000364. The molecule has 1 aliphatic carbocycles. The number of guanidine groups is 1. The Kier molecular flexibility index (Phi) is 10.9. The van der Waals surface area contributed by atoms with Crippen LogP contribution in [0, 0.1) is 11.3 Å². The molecule has 160 valence electrons. The number of ether oxygens (including phenoxy) is 1. The molecule has 0 aromatic carbocycles. The Bertz CT molecular complexity index is 455. The van der Waals surface area contributed by atoms with Crippen molar-refractivity contribution in [1.29, 1.82) is 0 Å². The van der Waals surface area contributed by atoms with Gasteiger partial charge in [-0.05, 0) is 52.6 Å². The van der Waals surface area contributed by atoms with E-state index in [2.05, 4.69) is 43.5 Å². The zero-order chi connectivity index (χ0) is 19.0. The van der Waals surface area contributed by atoms with Gasteiger partial charge in [-0.25, -0.2) is 0 Å². The summed E-state index contributed by atoms with van der Waals surface area (Å²) in [6, 6.07) is 0. The Morgan fingerprint density at radius 2 is 2.07 bits per heavy atom. The monoisotopic (exact) mass is 496 g/mol. The molecule has 3 atom stereocenters. The van der Waals surface area contributed by atoms with E-state index in [9.17, 15) is 5.11 Å². The Labute approximate surface area is 182 Å². The molecule has 7 heteroatoms. The fraction of sp³-hybridized carbons (Fsp3) is 0.950. The Hall–Kier alpha value is -0.120. The summed E-state index contributed by atoms with van der Waals surface area (Å²) in [4.78, 5) is 7.27. The maximum atomic E-state index is 9.41. The highest BCUT2D eigenvalue weighted by Gasteiger charge is 2.37. The molecule has 6 nitrogen and oxygen atoms in total. The van der Waals surface area contributed by atoms with E-state index in [1.807, 2.05) is 0 Å². The predicted octanol–water partition coefficient (Wildman–Crippen LogP) is 2.46. The van der Waals surface area contributed by atoms with E-state index in [1.54, 1.807) is 0 Å². The van der Waals surface area contributed by atoms with Gasteiger partial charge in [-0.15, -0.1) is 24.0 Å². The molecule has 2 aliphatic rings. The molecule has 3 N–H and O–H groups in total. The maximum absolute atomic E-state index is 9.41. The summed E-state index contributed by atoms with van der Waals surface area (Å²) in [7, 11) is 4.41. The molecule has 1 heterocycles. The molecule has 2 fully saturated rings. The lowest BCUT2D eigenvalue weighted by Gasteiger charge is -2.45. The van der Waals surface area contributed by atoms with E-state index in [4.69, 9.17) is 9.73 Å². The van der Waals surface area contributed by atoms with Crippen molar-refractivity contribution >= 4 is 29.9 Å². The Morgan fingerprint density at radius 3 is 2.63 bits per heavy atom. The third-order valence-electron chi connectivity index (χ3n) is 6.34. The summed E-state index contributed by atoms with van der Waals surface area (Å²) in [5, 5.41) is 16.4. The number of rotatable bonds is 8. The fourth-order valence-corrected chi connectivity index (χ4v) is 4.48. The molecule has 0 spiro atoms. The van der Waals surface area contributed by atoms with Crippen LogP contribution in [0.1, 0.15) is 52.4 Å². The van der Waals surface area contributed by atoms with E-state index < -0.39 is 0 Å². The van der Waals surface area contributed by atoms with Gasteiger partial charge in [0.2, 0.25) is 0 Å². The standard InChI is InChI=1S/C20H40N4O2.HI/c1-5-21-18(22-14-19(9-11-25)10-12-26-16-19)23-15-20(24(3)4)8-6-7-17(2)13-20;/h17,25H,5-16H2,1-4H3,(H2,21,22,23);1H. The van der Waals surface area contributed by atoms with E-state index in [0.29, 0.717) is 13.2 Å². The number of likely N-dealkylation sites (N-methyl/N-ethyl adjacent to an activating group) is 1. The van der Waals surface area contributed by atoms with Crippen molar-refractivity contribution in [1.82, 2.24) is 15.5 Å². The zero-order valence-electron chi connectivity index (χ0n) is 17.7. The largest absolute Gasteiger partial charge is 0.396 e. The van der Waals surface area contributed by atoms with Crippen LogP contribution in [-0.2, 0) is 4.74 Å². The van der Waals surface area contributed by atoms with E-state index in [0.717, 1.165) is 44.4 Å². The highest BCUT2D eigenvalue weighted by molar-refractivity contribution is 14.0.